The Hall–Kier alpha value is -4.82. The van der Waals surface area contributed by atoms with Crippen LogP contribution in [0.25, 0.3) is 22.3 Å². The van der Waals surface area contributed by atoms with E-state index in [0.29, 0.717) is 60.8 Å². The van der Waals surface area contributed by atoms with E-state index in [9.17, 15) is 12.8 Å². The number of thiazole rings is 1. The van der Waals surface area contributed by atoms with Crippen molar-refractivity contribution in [2.75, 3.05) is 5.32 Å². The van der Waals surface area contributed by atoms with Crippen molar-refractivity contribution < 1.29 is 17.5 Å². The Kier molecular flexibility index (Phi) is 9.31. The lowest BCUT2D eigenvalue weighted by atomic mass is 10.2. The Morgan fingerprint density at radius 2 is 1.89 bits per heavy atom. The maximum atomic E-state index is 13.5. The summed E-state index contributed by atoms with van der Waals surface area (Å²) < 4.78 is 42.8. The molecule has 45 heavy (non-hydrogen) atoms. The van der Waals surface area contributed by atoms with E-state index in [0.717, 1.165) is 0 Å². The average Bonchev–Trinajstić information content (AvgIpc) is 3.52. The fraction of sp³-hybridized carbons (Fsp3) is 0.0968. The number of hydrogen-bond acceptors (Lipinski definition) is 10. The van der Waals surface area contributed by atoms with E-state index in [1.807, 2.05) is 17.5 Å². The molecular formula is C31H23ClFN7O3S2. The highest BCUT2D eigenvalue weighted by Crippen LogP contribution is 2.32. The molecule has 0 saturated carbocycles. The van der Waals surface area contributed by atoms with Crippen LogP contribution in [0.5, 0.6) is 5.75 Å². The van der Waals surface area contributed by atoms with E-state index < -0.39 is 10.3 Å². The normalized spacial score (nSPS) is 11.0. The van der Waals surface area contributed by atoms with Gasteiger partial charge in [-0.2, -0.15) is 8.42 Å². The largest absolute Gasteiger partial charge is 0.487 e. The van der Waals surface area contributed by atoms with Gasteiger partial charge in [0, 0.05) is 34.8 Å². The quantitative estimate of drug-likeness (QED) is 0.169. The molecule has 14 heteroatoms. The Balaban J connectivity index is 1.16. The number of benzene rings is 2. The van der Waals surface area contributed by atoms with E-state index in [-0.39, 0.29) is 30.4 Å². The molecule has 0 aliphatic heterocycles. The minimum absolute atomic E-state index is 0.133. The smallest absolute Gasteiger partial charge is 0.228 e. The highest BCUT2D eigenvalue weighted by Gasteiger charge is 2.13. The van der Waals surface area contributed by atoms with E-state index >= 15 is 0 Å². The molecular weight excluding hydrogens is 637 g/mol. The summed E-state index contributed by atoms with van der Waals surface area (Å²) in [6.07, 6.45) is 4.86. The van der Waals surface area contributed by atoms with E-state index in [2.05, 4.69) is 35.6 Å². The van der Waals surface area contributed by atoms with Gasteiger partial charge in [-0.1, -0.05) is 29.8 Å². The van der Waals surface area contributed by atoms with Gasteiger partial charge in [0.2, 0.25) is 10.3 Å². The standard InChI is InChI=1S/C31H23ClFN7O3S2/c32-24-11-22(7-8-28(24)43-16-19-4-3-5-20(33)10-19)39-31-23-13-25(35-14-26(23)37-18-38-31)27-17-44-29(40-27)15-36-30(45(41)42)12-21-6-1-2-9-34-21/h1-11,13-14,17-18,36H,12,15-16H2,(H,37,38,39). The van der Waals surface area contributed by atoms with Crippen molar-refractivity contribution in [2.24, 2.45) is 0 Å². The van der Waals surface area contributed by atoms with Gasteiger partial charge < -0.3 is 10.1 Å². The molecule has 0 aliphatic carbocycles. The molecule has 0 radical (unpaired) electrons. The van der Waals surface area contributed by atoms with Crippen molar-refractivity contribution in [1.82, 2.24) is 30.2 Å². The summed E-state index contributed by atoms with van der Waals surface area (Å²) in [4.78, 5) is 22.3. The Morgan fingerprint density at radius 3 is 2.69 bits per heavy atom. The van der Waals surface area contributed by atoms with Crippen molar-refractivity contribution in [3.05, 3.63) is 118 Å². The number of hydrogen-bond donors (Lipinski definition) is 2. The predicted octanol–water partition coefficient (Wildman–Crippen LogP) is 6.00. The molecule has 0 fully saturated rings. The van der Waals surface area contributed by atoms with Crippen LogP contribution in [0.4, 0.5) is 15.9 Å². The number of fused-ring (bicyclic) bond motifs is 1. The van der Waals surface area contributed by atoms with Gasteiger partial charge in [-0.25, -0.2) is 19.3 Å². The molecule has 2 N–H and O–H groups in total. The number of pyridine rings is 2. The summed E-state index contributed by atoms with van der Waals surface area (Å²) in [6, 6.07) is 18.6. The van der Waals surface area contributed by atoms with Crippen molar-refractivity contribution in [2.45, 2.75) is 19.6 Å². The zero-order chi connectivity index (χ0) is 31.2. The molecule has 0 aliphatic rings. The number of nitrogens with one attached hydrogen (secondary N) is 2. The lowest BCUT2D eigenvalue weighted by Gasteiger charge is -2.12. The molecule has 6 aromatic rings. The minimum atomic E-state index is -2.42. The van der Waals surface area contributed by atoms with Gasteiger partial charge >= 0.3 is 0 Å². The Labute approximate surface area is 267 Å². The number of rotatable bonds is 10. The molecule has 4 aromatic heterocycles. The third-order valence-electron chi connectivity index (χ3n) is 6.52. The lowest BCUT2D eigenvalue weighted by Crippen LogP contribution is -2.26. The summed E-state index contributed by atoms with van der Waals surface area (Å²) >= 11 is 7.88. The van der Waals surface area contributed by atoms with Crippen LogP contribution in [0.15, 0.2) is 90.8 Å². The maximum absolute atomic E-state index is 13.5. The molecule has 4 heterocycles. The molecule has 10 nitrogen and oxygen atoms in total. The first-order valence-corrected chi connectivity index (χ1v) is 15.8. The third kappa shape index (κ3) is 7.64. The van der Waals surface area contributed by atoms with Crippen LogP contribution in [-0.2, 0) is 29.9 Å². The van der Waals surface area contributed by atoms with Crippen molar-refractivity contribution in [1.29, 1.82) is 0 Å². The fourth-order valence-corrected chi connectivity index (χ4v) is 5.77. The Bertz CT molecular complexity index is 2120. The second-order valence-corrected chi connectivity index (χ2v) is 11.9. The summed E-state index contributed by atoms with van der Waals surface area (Å²) in [7, 11) is -2.42. The van der Waals surface area contributed by atoms with Crippen molar-refractivity contribution >= 4 is 60.6 Å². The van der Waals surface area contributed by atoms with Crippen LogP contribution in [0.2, 0.25) is 5.02 Å². The summed E-state index contributed by atoms with van der Waals surface area (Å²) in [5.74, 6) is 0.669. The van der Waals surface area contributed by atoms with Crippen LogP contribution >= 0.6 is 22.9 Å². The molecule has 0 saturated heterocycles. The van der Waals surface area contributed by atoms with Crippen molar-refractivity contribution in [3.63, 3.8) is 0 Å². The molecule has 0 amide bonds. The average molecular weight is 660 g/mol. The highest BCUT2D eigenvalue weighted by atomic mass is 35.5. The highest BCUT2D eigenvalue weighted by molar-refractivity contribution is 7.72. The van der Waals surface area contributed by atoms with Gasteiger partial charge in [0.05, 0.1) is 34.7 Å². The topological polar surface area (TPSA) is 132 Å². The first-order valence-electron chi connectivity index (χ1n) is 13.5. The van der Waals surface area contributed by atoms with E-state index in [1.54, 1.807) is 54.9 Å². The van der Waals surface area contributed by atoms with E-state index in [1.165, 1.54) is 29.8 Å². The molecule has 0 atom stereocenters. The second-order valence-electron chi connectivity index (χ2n) is 9.63. The zero-order valence-electron chi connectivity index (χ0n) is 23.3. The Morgan fingerprint density at radius 1 is 0.978 bits per heavy atom. The molecule has 0 spiro atoms. The minimum Gasteiger partial charge on any atom is -0.487 e. The summed E-state index contributed by atoms with van der Waals surface area (Å²) in [6.45, 7) is 0.403. The molecule has 2 aromatic carbocycles. The number of anilines is 2. The van der Waals surface area contributed by atoms with Crippen LogP contribution in [0.1, 0.15) is 16.3 Å². The number of ether oxygens (including phenoxy) is 1. The van der Waals surface area contributed by atoms with Gasteiger partial charge in [-0.05, 0) is 54.1 Å². The first-order chi connectivity index (χ1) is 21.9. The van der Waals surface area contributed by atoms with Crippen LogP contribution in [0.3, 0.4) is 0 Å². The first kappa shape index (κ1) is 30.2. The summed E-state index contributed by atoms with van der Waals surface area (Å²) in [5.41, 5.74) is 3.87. The predicted molar refractivity (Wildman–Crippen MR) is 173 cm³/mol. The van der Waals surface area contributed by atoms with Crippen molar-refractivity contribution in [3.8, 4) is 17.1 Å². The summed E-state index contributed by atoms with van der Waals surface area (Å²) in [5, 5.41) is 9.89. The van der Waals surface area contributed by atoms with Gasteiger partial charge in [0.25, 0.3) is 0 Å². The molecule has 226 valence electrons. The zero-order valence-corrected chi connectivity index (χ0v) is 25.7. The number of aromatic nitrogens is 5. The van der Waals surface area contributed by atoms with Gasteiger partial charge in [0.1, 0.15) is 40.3 Å². The van der Waals surface area contributed by atoms with Crippen LogP contribution in [0, 0.1) is 5.82 Å². The van der Waals surface area contributed by atoms with Gasteiger partial charge in [0.15, 0.2) is 0 Å². The van der Waals surface area contributed by atoms with E-state index in [4.69, 9.17) is 16.3 Å². The fourth-order valence-electron chi connectivity index (χ4n) is 4.35. The van der Waals surface area contributed by atoms with Crippen LogP contribution in [-0.4, -0.2) is 38.3 Å². The van der Waals surface area contributed by atoms with Gasteiger partial charge in [-0.3, -0.25) is 15.3 Å². The lowest BCUT2D eigenvalue weighted by molar-refractivity contribution is 0.306. The maximum Gasteiger partial charge on any atom is 0.228 e. The second kappa shape index (κ2) is 13.9. The monoisotopic (exact) mass is 659 g/mol. The number of halogens is 2. The number of nitrogens with zero attached hydrogens (tertiary/aromatic N) is 5. The molecule has 6 rings (SSSR count). The molecule has 0 unspecified atom stereocenters. The SMILES string of the molecule is O=S(=O)=C(Cc1ccccn1)NCc1nc(-c2cc3c(Nc4ccc(OCc5cccc(F)c5)c(Cl)c4)ncnc3cn2)cs1. The van der Waals surface area contributed by atoms with Crippen LogP contribution < -0.4 is 15.4 Å². The van der Waals surface area contributed by atoms with Gasteiger partial charge in [-0.15, -0.1) is 11.3 Å². The molecule has 0 bridgehead atoms. The third-order valence-corrected chi connectivity index (χ3v) is 8.35.